The predicted molar refractivity (Wildman–Crippen MR) is 75.1 cm³/mol. The summed E-state index contributed by atoms with van der Waals surface area (Å²) in [6.07, 6.45) is 0.572. The summed E-state index contributed by atoms with van der Waals surface area (Å²) in [5.74, 6) is 0.429. The van der Waals surface area contributed by atoms with Gasteiger partial charge in [-0.05, 0) is 12.3 Å². The van der Waals surface area contributed by atoms with Crippen LogP contribution in [0.5, 0.6) is 0 Å². The molecule has 0 aromatic rings. The molecule has 19 heavy (non-hydrogen) atoms. The molecular weight excluding hydrogens is 244 g/mol. The molecule has 1 fully saturated rings. The van der Waals surface area contributed by atoms with E-state index < -0.39 is 0 Å². The van der Waals surface area contributed by atoms with Crippen molar-refractivity contribution < 1.29 is 10.0 Å². The first-order valence-electron chi connectivity index (χ1n) is 6.74. The van der Waals surface area contributed by atoms with Crippen molar-refractivity contribution in [3.63, 3.8) is 0 Å². The number of piperazine rings is 1. The molecule has 0 radical (unpaired) electrons. The highest BCUT2D eigenvalue weighted by molar-refractivity contribution is 5.84. The average Bonchev–Trinajstić information content (AvgIpc) is 2.35. The Morgan fingerprint density at radius 2 is 1.84 bits per heavy atom. The van der Waals surface area contributed by atoms with E-state index in [1.54, 1.807) is 0 Å². The molecule has 0 bridgehead atoms. The summed E-state index contributed by atoms with van der Waals surface area (Å²) in [5.41, 5.74) is 5.63. The van der Waals surface area contributed by atoms with Crippen LogP contribution in [-0.2, 0) is 4.79 Å². The molecule has 1 aliphatic rings. The van der Waals surface area contributed by atoms with Gasteiger partial charge >= 0.3 is 0 Å². The lowest BCUT2D eigenvalue weighted by molar-refractivity contribution is -0.134. The standard InChI is InChI=1S/C13H26N4O2/c1-10(12(14)15-19)16-5-7-17(8-6-16)11(18)9-13(2,3)4/h10,19H,5-9H2,1-4H3,(H2,14,15). The Hall–Kier alpha value is -1.30. The van der Waals surface area contributed by atoms with E-state index in [0.717, 1.165) is 13.1 Å². The first-order chi connectivity index (χ1) is 8.74. The maximum absolute atomic E-state index is 12.1. The van der Waals surface area contributed by atoms with E-state index in [4.69, 9.17) is 10.9 Å². The third-order valence-corrected chi connectivity index (χ3v) is 3.44. The zero-order chi connectivity index (χ0) is 14.6. The monoisotopic (exact) mass is 270 g/mol. The van der Waals surface area contributed by atoms with Crippen LogP contribution < -0.4 is 5.73 Å². The number of nitrogens with two attached hydrogens (primary N) is 1. The summed E-state index contributed by atoms with van der Waals surface area (Å²) in [6, 6.07) is -0.0927. The average molecular weight is 270 g/mol. The van der Waals surface area contributed by atoms with Crippen molar-refractivity contribution in [3.05, 3.63) is 0 Å². The Kier molecular flexibility index (Phi) is 5.17. The van der Waals surface area contributed by atoms with Gasteiger partial charge in [0.2, 0.25) is 5.91 Å². The van der Waals surface area contributed by atoms with Crippen molar-refractivity contribution >= 4 is 11.7 Å². The van der Waals surface area contributed by atoms with Crippen LogP contribution in [0, 0.1) is 5.41 Å². The largest absolute Gasteiger partial charge is 0.409 e. The number of nitrogens with zero attached hydrogens (tertiary/aromatic N) is 3. The number of hydrogen-bond donors (Lipinski definition) is 2. The van der Waals surface area contributed by atoms with Crippen LogP contribution in [0.2, 0.25) is 0 Å². The fraction of sp³-hybridized carbons (Fsp3) is 0.846. The summed E-state index contributed by atoms with van der Waals surface area (Å²) < 4.78 is 0. The van der Waals surface area contributed by atoms with Gasteiger partial charge in [0.25, 0.3) is 0 Å². The number of carbonyl (C=O) groups excluding carboxylic acids is 1. The highest BCUT2D eigenvalue weighted by Crippen LogP contribution is 2.20. The van der Waals surface area contributed by atoms with Gasteiger partial charge < -0.3 is 15.8 Å². The lowest BCUT2D eigenvalue weighted by Gasteiger charge is -2.38. The fourth-order valence-electron chi connectivity index (χ4n) is 2.19. The highest BCUT2D eigenvalue weighted by atomic mass is 16.4. The SMILES string of the molecule is CC(C(N)=NO)N1CCN(C(=O)CC(C)(C)C)CC1. The maximum Gasteiger partial charge on any atom is 0.223 e. The lowest BCUT2D eigenvalue weighted by Crippen LogP contribution is -2.54. The summed E-state index contributed by atoms with van der Waals surface area (Å²) in [4.78, 5) is 16.1. The number of amidine groups is 1. The van der Waals surface area contributed by atoms with Crippen molar-refractivity contribution in [3.8, 4) is 0 Å². The quantitative estimate of drug-likeness (QED) is 0.342. The maximum atomic E-state index is 12.1. The van der Waals surface area contributed by atoms with Crippen molar-refractivity contribution in [2.75, 3.05) is 26.2 Å². The minimum absolute atomic E-state index is 0.0233. The van der Waals surface area contributed by atoms with E-state index in [9.17, 15) is 4.79 Å². The van der Waals surface area contributed by atoms with Crippen LogP contribution in [0.4, 0.5) is 0 Å². The second kappa shape index (κ2) is 6.23. The molecule has 0 aromatic heterocycles. The molecule has 0 saturated carbocycles. The number of carbonyl (C=O) groups is 1. The zero-order valence-electron chi connectivity index (χ0n) is 12.4. The van der Waals surface area contributed by atoms with Crippen LogP contribution in [-0.4, -0.2) is 59.0 Å². The van der Waals surface area contributed by atoms with Crippen molar-refractivity contribution in [2.45, 2.75) is 40.2 Å². The van der Waals surface area contributed by atoms with Crippen molar-refractivity contribution in [1.82, 2.24) is 9.80 Å². The van der Waals surface area contributed by atoms with Crippen LogP contribution in [0.1, 0.15) is 34.1 Å². The normalized spacial score (nSPS) is 20.4. The molecule has 0 aromatic carbocycles. The third-order valence-electron chi connectivity index (χ3n) is 3.44. The van der Waals surface area contributed by atoms with Gasteiger partial charge in [-0.25, -0.2) is 0 Å². The van der Waals surface area contributed by atoms with Gasteiger partial charge in [-0.1, -0.05) is 25.9 Å². The predicted octanol–water partition coefficient (Wildman–Crippen LogP) is 0.702. The van der Waals surface area contributed by atoms with Gasteiger partial charge in [0, 0.05) is 32.6 Å². The van der Waals surface area contributed by atoms with E-state index in [1.165, 1.54) is 0 Å². The smallest absolute Gasteiger partial charge is 0.223 e. The highest BCUT2D eigenvalue weighted by Gasteiger charge is 2.27. The first-order valence-corrected chi connectivity index (χ1v) is 6.74. The molecule has 1 atom stereocenters. The van der Waals surface area contributed by atoms with E-state index in [0.29, 0.717) is 19.5 Å². The molecule has 6 heteroatoms. The second-order valence-corrected chi connectivity index (χ2v) is 6.36. The summed E-state index contributed by atoms with van der Waals surface area (Å²) in [6.45, 7) is 11.0. The second-order valence-electron chi connectivity index (χ2n) is 6.36. The van der Waals surface area contributed by atoms with Gasteiger partial charge in [0.1, 0.15) is 0 Å². The topological polar surface area (TPSA) is 82.2 Å². The lowest BCUT2D eigenvalue weighted by atomic mass is 9.91. The Labute approximate surface area is 115 Å². The minimum Gasteiger partial charge on any atom is -0.409 e. The van der Waals surface area contributed by atoms with Gasteiger partial charge in [-0.3, -0.25) is 9.69 Å². The van der Waals surface area contributed by atoms with Gasteiger partial charge in [0.05, 0.1) is 6.04 Å². The molecule has 1 rings (SSSR count). The van der Waals surface area contributed by atoms with E-state index >= 15 is 0 Å². The third kappa shape index (κ3) is 4.70. The molecular formula is C13H26N4O2. The van der Waals surface area contributed by atoms with E-state index in [-0.39, 0.29) is 23.2 Å². The first kappa shape index (κ1) is 15.8. The van der Waals surface area contributed by atoms with Crippen LogP contribution >= 0.6 is 0 Å². The molecule has 6 nitrogen and oxygen atoms in total. The molecule has 1 amide bonds. The number of amides is 1. The van der Waals surface area contributed by atoms with Gasteiger partial charge in [0.15, 0.2) is 5.84 Å². The molecule has 0 aliphatic carbocycles. The molecule has 0 spiro atoms. The van der Waals surface area contributed by atoms with Crippen LogP contribution in [0.3, 0.4) is 0 Å². The van der Waals surface area contributed by atoms with Gasteiger partial charge in [-0.2, -0.15) is 0 Å². The van der Waals surface area contributed by atoms with Crippen LogP contribution in [0.25, 0.3) is 0 Å². The fourth-order valence-corrected chi connectivity index (χ4v) is 2.19. The molecule has 1 saturated heterocycles. The Balaban J connectivity index is 2.47. The molecule has 1 heterocycles. The molecule has 3 N–H and O–H groups in total. The van der Waals surface area contributed by atoms with Crippen LogP contribution in [0.15, 0.2) is 5.16 Å². The zero-order valence-corrected chi connectivity index (χ0v) is 12.4. The van der Waals surface area contributed by atoms with E-state index in [2.05, 4.69) is 30.8 Å². The molecule has 1 aliphatic heterocycles. The minimum atomic E-state index is -0.0927. The van der Waals surface area contributed by atoms with Crippen molar-refractivity contribution in [1.29, 1.82) is 0 Å². The summed E-state index contributed by atoms with van der Waals surface area (Å²) >= 11 is 0. The number of oxime groups is 1. The van der Waals surface area contributed by atoms with E-state index in [1.807, 2.05) is 11.8 Å². The Morgan fingerprint density at radius 1 is 1.32 bits per heavy atom. The summed E-state index contributed by atoms with van der Waals surface area (Å²) in [7, 11) is 0. The number of rotatable bonds is 3. The number of hydrogen-bond acceptors (Lipinski definition) is 4. The molecule has 1 unspecified atom stereocenters. The Morgan fingerprint density at radius 3 is 2.26 bits per heavy atom. The Bertz CT molecular complexity index is 341. The molecule has 110 valence electrons. The summed E-state index contributed by atoms with van der Waals surface area (Å²) in [5, 5.41) is 11.7. The van der Waals surface area contributed by atoms with Gasteiger partial charge in [-0.15, -0.1) is 0 Å². The van der Waals surface area contributed by atoms with Crippen molar-refractivity contribution in [2.24, 2.45) is 16.3 Å².